The van der Waals surface area contributed by atoms with Crippen LogP contribution >= 0.6 is 0 Å². The molecule has 0 saturated carbocycles. The number of aryl methyl sites for hydroxylation is 1. The minimum absolute atomic E-state index is 0.0362. The lowest BCUT2D eigenvalue weighted by molar-refractivity contribution is -0.144. The van der Waals surface area contributed by atoms with E-state index in [1.165, 1.54) is 13.2 Å². The van der Waals surface area contributed by atoms with Crippen LogP contribution in [-0.4, -0.2) is 29.4 Å². The van der Waals surface area contributed by atoms with Crippen LogP contribution in [0.25, 0.3) is 0 Å². The molecule has 1 rings (SSSR count). The van der Waals surface area contributed by atoms with E-state index >= 15 is 0 Å². The van der Waals surface area contributed by atoms with E-state index in [1.54, 1.807) is 6.92 Å². The van der Waals surface area contributed by atoms with E-state index < -0.39 is 24.0 Å². The molecular formula is C12H16FNO4. The van der Waals surface area contributed by atoms with Crippen molar-refractivity contribution in [2.24, 2.45) is 0 Å². The Hall–Kier alpha value is -1.66. The molecule has 0 aliphatic carbocycles. The topological polar surface area (TPSA) is 92.8 Å². The number of ether oxygens (including phenoxy) is 1. The molecule has 4 N–H and O–H groups in total. The van der Waals surface area contributed by atoms with Gasteiger partial charge >= 0.3 is 5.97 Å². The Kier molecular flexibility index (Phi) is 4.63. The van der Waals surface area contributed by atoms with E-state index in [2.05, 4.69) is 4.74 Å². The Balaban J connectivity index is 2.93. The monoisotopic (exact) mass is 257 g/mol. The zero-order valence-electron chi connectivity index (χ0n) is 10.2. The second kappa shape index (κ2) is 5.79. The Labute approximate surface area is 104 Å². The number of anilines is 1. The van der Waals surface area contributed by atoms with Crippen molar-refractivity contribution >= 4 is 11.7 Å². The first-order valence-electron chi connectivity index (χ1n) is 5.35. The van der Waals surface area contributed by atoms with Crippen LogP contribution in [0.1, 0.15) is 23.7 Å². The van der Waals surface area contributed by atoms with Crippen molar-refractivity contribution in [1.82, 2.24) is 0 Å². The van der Waals surface area contributed by atoms with Gasteiger partial charge in [0, 0.05) is 0 Å². The van der Waals surface area contributed by atoms with Gasteiger partial charge in [0.1, 0.15) is 11.9 Å². The van der Waals surface area contributed by atoms with Crippen molar-refractivity contribution < 1.29 is 24.1 Å². The Morgan fingerprint density at radius 2 is 2.11 bits per heavy atom. The number of carbonyl (C=O) groups excluding carboxylic acids is 1. The average Bonchev–Trinajstić information content (AvgIpc) is 2.32. The molecule has 0 fully saturated rings. The molecule has 0 bridgehead atoms. The molecule has 2 atom stereocenters. The van der Waals surface area contributed by atoms with E-state index in [4.69, 9.17) is 5.73 Å². The molecule has 1 aromatic rings. The van der Waals surface area contributed by atoms with Crippen LogP contribution in [0.2, 0.25) is 0 Å². The van der Waals surface area contributed by atoms with Crippen LogP contribution in [-0.2, 0) is 9.53 Å². The standard InChI is InChI=1S/C12H16FNO4/c1-6-3-9(14)8(13)4-7(6)12(17)10(15)5-11(16)18-2/h3-4,10,12,15,17H,5,14H2,1-2H3. The summed E-state index contributed by atoms with van der Waals surface area (Å²) >= 11 is 0. The molecule has 0 amide bonds. The third-order valence-electron chi connectivity index (χ3n) is 2.67. The molecule has 6 heteroatoms. The number of aliphatic hydroxyl groups is 2. The van der Waals surface area contributed by atoms with Crippen molar-refractivity contribution in [3.05, 3.63) is 29.1 Å². The van der Waals surface area contributed by atoms with Crippen molar-refractivity contribution in [2.75, 3.05) is 12.8 Å². The number of nitrogen functional groups attached to an aromatic ring is 1. The molecule has 0 aliphatic heterocycles. The van der Waals surface area contributed by atoms with Crippen LogP contribution < -0.4 is 5.73 Å². The van der Waals surface area contributed by atoms with Gasteiger partial charge in [-0.25, -0.2) is 4.39 Å². The molecule has 2 unspecified atom stereocenters. The van der Waals surface area contributed by atoms with Gasteiger partial charge in [0.2, 0.25) is 0 Å². The highest BCUT2D eigenvalue weighted by atomic mass is 19.1. The van der Waals surface area contributed by atoms with Crippen molar-refractivity contribution in [2.45, 2.75) is 25.6 Å². The third-order valence-corrected chi connectivity index (χ3v) is 2.67. The molecule has 0 saturated heterocycles. The minimum atomic E-state index is -1.38. The summed E-state index contributed by atoms with van der Waals surface area (Å²) in [5, 5.41) is 19.5. The maximum absolute atomic E-state index is 13.3. The minimum Gasteiger partial charge on any atom is -0.469 e. The lowest BCUT2D eigenvalue weighted by Gasteiger charge is -2.19. The van der Waals surface area contributed by atoms with E-state index in [-0.39, 0.29) is 17.7 Å². The summed E-state index contributed by atoms with van der Waals surface area (Å²) in [7, 11) is 1.18. The lowest BCUT2D eigenvalue weighted by Crippen LogP contribution is -2.23. The summed E-state index contributed by atoms with van der Waals surface area (Å²) < 4.78 is 17.7. The molecule has 0 aliphatic rings. The largest absolute Gasteiger partial charge is 0.469 e. The number of hydrogen-bond acceptors (Lipinski definition) is 5. The fraction of sp³-hybridized carbons (Fsp3) is 0.417. The smallest absolute Gasteiger partial charge is 0.308 e. The number of aliphatic hydroxyl groups excluding tert-OH is 2. The number of benzene rings is 1. The number of hydrogen-bond donors (Lipinski definition) is 3. The second-order valence-corrected chi connectivity index (χ2v) is 4.02. The summed E-state index contributed by atoms with van der Waals surface area (Å²) in [6.07, 6.45) is -3.11. The predicted molar refractivity (Wildman–Crippen MR) is 63.1 cm³/mol. The number of methoxy groups -OCH3 is 1. The van der Waals surface area contributed by atoms with Gasteiger partial charge in [-0.05, 0) is 30.2 Å². The van der Waals surface area contributed by atoms with Gasteiger partial charge < -0.3 is 20.7 Å². The quantitative estimate of drug-likeness (QED) is 0.544. The van der Waals surface area contributed by atoms with Gasteiger partial charge in [-0.3, -0.25) is 4.79 Å². The number of nitrogens with two attached hydrogens (primary N) is 1. The van der Waals surface area contributed by atoms with Crippen LogP contribution in [0.5, 0.6) is 0 Å². The first-order chi connectivity index (χ1) is 8.36. The zero-order chi connectivity index (χ0) is 13.9. The first kappa shape index (κ1) is 14.4. The summed E-state index contributed by atoms with van der Waals surface area (Å²) in [5.74, 6) is -1.34. The molecule has 1 aromatic carbocycles. The highest BCUT2D eigenvalue weighted by Gasteiger charge is 2.24. The zero-order valence-corrected chi connectivity index (χ0v) is 10.2. The highest BCUT2D eigenvalue weighted by molar-refractivity contribution is 5.69. The summed E-state index contributed by atoms with van der Waals surface area (Å²) in [5.41, 5.74) is 6.06. The van der Waals surface area contributed by atoms with Crippen LogP contribution in [0, 0.1) is 12.7 Å². The second-order valence-electron chi connectivity index (χ2n) is 4.02. The van der Waals surface area contributed by atoms with Crippen molar-refractivity contribution in [3.63, 3.8) is 0 Å². The maximum atomic E-state index is 13.3. The van der Waals surface area contributed by atoms with E-state index in [0.29, 0.717) is 5.56 Å². The molecule has 5 nitrogen and oxygen atoms in total. The molecule has 100 valence electrons. The van der Waals surface area contributed by atoms with Gasteiger partial charge in [-0.2, -0.15) is 0 Å². The average molecular weight is 257 g/mol. The van der Waals surface area contributed by atoms with Gasteiger partial charge in [-0.1, -0.05) is 0 Å². The van der Waals surface area contributed by atoms with Gasteiger partial charge in [0.25, 0.3) is 0 Å². The van der Waals surface area contributed by atoms with Crippen LogP contribution in [0.4, 0.5) is 10.1 Å². The first-order valence-corrected chi connectivity index (χ1v) is 5.35. The van der Waals surface area contributed by atoms with E-state index in [1.807, 2.05) is 0 Å². The third kappa shape index (κ3) is 3.18. The summed E-state index contributed by atoms with van der Waals surface area (Å²) in [4.78, 5) is 11.0. The van der Waals surface area contributed by atoms with Crippen molar-refractivity contribution in [1.29, 1.82) is 0 Å². The normalized spacial score (nSPS) is 14.1. The van der Waals surface area contributed by atoms with Gasteiger partial charge in [-0.15, -0.1) is 0 Å². The molecule has 0 aromatic heterocycles. The molecule has 0 heterocycles. The molecule has 0 radical (unpaired) electrons. The molecular weight excluding hydrogens is 241 g/mol. The SMILES string of the molecule is COC(=O)CC(O)C(O)c1cc(F)c(N)cc1C. The Bertz CT molecular complexity index is 450. The Morgan fingerprint density at radius 3 is 2.67 bits per heavy atom. The number of carbonyl (C=O) groups is 1. The highest BCUT2D eigenvalue weighted by Crippen LogP contribution is 2.26. The number of halogens is 1. The number of rotatable bonds is 4. The fourth-order valence-corrected chi connectivity index (χ4v) is 1.61. The summed E-state index contributed by atoms with van der Waals surface area (Å²) in [6.45, 7) is 1.62. The maximum Gasteiger partial charge on any atom is 0.308 e. The molecule has 18 heavy (non-hydrogen) atoms. The molecule has 0 spiro atoms. The predicted octanol–water partition coefficient (Wildman–Crippen LogP) is 0.674. The Morgan fingerprint density at radius 1 is 1.50 bits per heavy atom. The fourth-order valence-electron chi connectivity index (χ4n) is 1.61. The lowest BCUT2D eigenvalue weighted by atomic mass is 9.97. The van der Waals surface area contributed by atoms with Crippen LogP contribution in [0.15, 0.2) is 12.1 Å². The summed E-state index contributed by atoms with van der Waals surface area (Å²) in [6, 6.07) is 2.41. The van der Waals surface area contributed by atoms with Gasteiger partial charge in [0.05, 0.1) is 25.3 Å². The van der Waals surface area contributed by atoms with Gasteiger partial charge in [0.15, 0.2) is 0 Å². The van der Waals surface area contributed by atoms with Crippen LogP contribution in [0.3, 0.4) is 0 Å². The van der Waals surface area contributed by atoms with E-state index in [0.717, 1.165) is 6.07 Å². The number of esters is 1. The van der Waals surface area contributed by atoms with E-state index in [9.17, 15) is 19.4 Å². The van der Waals surface area contributed by atoms with Crippen molar-refractivity contribution in [3.8, 4) is 0 Å².